The molecule has 5 rings (SSSR count). The summed E-state index contributed by atoms with van der Waals surface area (Å²) < 4.78 is 23.8. The Balaban J connectivity index is 1.52. The molecule has 46 heavy (non-hydrogen) atoms. The number of rotatable bonds is 13. The summed E-state index contributed by atoms with van der Waals surface area (Å²) >= 11 is 0. The van der Waals surface area contributed by atoms with Crippen molar-refractivity contribution in [2.45, 2.75) is 49.8 Å². The summed E-state index contributed by atoms with van der Waals surface area (Å²) in [6.07, 6.45) is -2.51. The summed E-state index contributed by atoms with van der Waals surface area (Å²) in [5.74, 6) is 0.212. The summed E-state index contributed by atoms with van der Waals surface area (Å²) in [7, 11) is 3.01. The number of aliphatic hydroxyl groups is 1. The molecule has 4 atom stereocenters. The molecule has 0 spiro atoms. The number of hydrogen-bond acceptors (Lipinski definition) is 10. The van der Waals surface area contributed by atoms with Gasteiger partial charge < -0.3 is 34.2 Å². The van der Waals surface area contributed by atoms with E-state index >= 15 is 0 Å². The number of nitrogens with zero attached hydrogens (tertiary/aromatic N) is 2. The van der Waals surface area contributed by atoms with Crippen molar-refractivity contribution in [2.75, 3.05) is 26.1 Å². The average molecular weight is 628 g/mol. The fourth-order valence-corrected chi connectivity index (χ4v) is 5.76. The van der Waals surface area contributed by atoms with Crippen molar-refractivity contribution in [1.82, 2.24) is 9.55 Å². The van der Waals surface area contributed by atoms with Crippen molar-refractivity contribution < 1.29 is 33.6 Å². The zero-order valence-corrected chi connectivity index (χ0v) is 25.9. The highest BCUT2D eigenvalue weighted by Crippen LogP contribution is 2.40. The van der Waals surface area contributed by atoms with E-state index in [1.54, 1.807) is 13.2 Å². The molecule has 0 saturated carbocycles. The molecule has 1 saturated heterocycles. The molecule has 0 unspecified atom stereocenters. The number of esters is 1. The zero-order valence-electron chi connectivity index (χ0n) is 25.9. The lowest BCUT2D eigenvalue weighted by Gasteiger charge is -2.37. The first-order chi connectivity index (χ1) is 22.3. The van der Waals surface area contributed by atoms with Crippen LogP contribution in [-0.4, -0.2) is 65.5 Å². The molecule has 3 aromatic carbocycles. The predicted molar refractivity (Wildman–Crippen MR) is 169 cm³/mol. The zero-order chi connectivity index (χ0) is 32.7. The van der Waals surface area contributed by atoms with Gasteiger partial charge in [-0.15, -0.1) is 0 Å². The van der Waals surface area contributed by atoms with Crippen molar-refractivity contribution in [3.8, 4) is 5.75 Å². The third-order valence-electron chi connectivity index (χ3n) is 8.04. The van der Waals surface area contributed by atoms with Crippen molar-refractivity contribution in [1.29, 1.82) is 0 Å². The van der Waals surface area contributed by atoms with E-state index in [2.05, 4.69) is 10.3 Å². The standard InChI is InChI=1S/C35H37N3O8/c1-23(40)14-19-30(41)46-31-28(22-39)45-33(32(31)44-3)38-21-20-29(36-34(38)42)37-35(24-10-6-4-7-11-24,25-12-8-5-9-13-25)26-15-17-27(43-2)18-16-26/h4-13,15-18,20-21,28,31-33,39H,14,19,22H2,1-3H3,(H,36,37,42)/t28-,31-,32-,33-/m1/s1. The number of ketones is 1. The molecule has 0 bridgehead atoms. The van der Waals surface area contributed by atoms with Crippen LogP contribution >= 0.6 is 0 Å². The maximum Gasteiger partial charge on any atom is 0.351 e. The average Bonchev–Trinajstić information content (AvgIpc) is 3.43. The first-order valence-electron chi connectivity index (χ1n) is 14.9. The van der Waals surface area contributed by atoms with Gasteiger partial charge in [0.05, 0.1) is 20.1 Å². The monoisotopic (exact) mass is 627 g/mol. The fraction of sp³-hybridized carbons (Fsp3) is 0.314. The first kappa shape index (κ1) is 32.6. The van der Waals surface area contributed by atoms with Crippen LogP contribution in [0.25, 0.3) is 0 Å². The van der Waals surface area contributed by atoms with Gasteiger partial charge in [0, 0.05) is 19.7 Å². The Morgan fingerprint density at radius 2 is 1.50 bits per heavy atom. The van der Waals surface area contributed by atoms with Crippen molar-refractivity contribution in [3.63, 3.8) is 0 Å². The second-order valence-electron chi connectivity index (χ2n) is 10.9. The number of aliphatic hydroxyl groups excluding tert-OH is 1. The Morgan fingerprint density at radius 3 is 2.02 bits per heavy atom. The minimum absolute atomic E-state index is 0.0269. The molecule has 240 valence electrons. The summed E-state index contributed by atoms with van der Waals surface area (Å²) in [6, 6.07) is 29.1. The number of ether oxygens (including phenoxy) is 4. The van der Waals surface area contributed by atoms with Crippen LogP contribution in [0.3, 0.4) is 0 Å². The van der Waals surface area contributed by atoms with Gasteiger partial charge in [-0.05, 0) is 41.8 Å². The number of nitrogens with one attached hydrogen (secondary N) is 1. The summed E-state index contributed by atoms with van der Waals surface area (Å²) in [4.78, 5) is 41.8. The van der Waals surface area contributed by atoms with Crippen LogP contribution in [-0.2, 0) is 29.3 Å². The number of anilines is 1. The molecule has 0 aliphatic carbocycles. The molecule has 0 radical (unpaired) electrons. The van der Waals surface area contributed by atoms with Crippen LogP contribution in [0.4, 0.5) is 5.82 Å². The van der Waals surface area contributed by atoms with Gasteiger partial charge in [-0.3, -0.25) is 9.36 Å². The topological polar surface area (TPSA) is 138 Å². The second kappa shape index (κ2) is 14.5. The normalized spacial score (nSPS) is 19.4. The maximum atomic E-state index is 13.6. The Hall–Kier alpha value is -4.84. The van der Waals surface area contributed by atoms with Gasteiger partial charge in [0.1, 0.15) is 35.1 Å². The lowest BCUT2D eigenvalue weighted by molar-refractivity contribution is -0.158. The number of aromatic nitrogens is 2. The second-order valence-corrected chi connectivity index (χ2v) is 10.9. The van der Waals surface area contributed by atoms with Crippen LogP contribution in [0.5, 0.6) is 5.75 Å². The minimum atomic E-state index is -1.05. The summed E-state index contributed by atoms with van der Waals surface area (Å²) in [5, 5.41) is 13.6. The van der Waals surface area contributed by atoms with Crippen LogP contribution in [0.1, 0.15) is 42.7 Å². The van der Waals surface area contributed by atoms with Gasteiger partial charge >= 0.3 is 11.7 Å². The van der Waals surface area contributed by atoms with Gasteiger partial charge in [0.25, 0.3) is 0 Å². The Morgan fingerprint density at radius 1 is 0.891 bits per heavy atom. The highest BCUT2D eigenvalue weighted by Gasteiger charge is 2.48. The van der Waals surface area contributed by atoms with E-state index in [0.29, 0.717) is 11.6 Å². The van der Waals surface area contributed by atoms with E-state index in [1.807, 2.05) is 84.9 Å². The minimum Gasteiger partial charge on any atom is -0.497 e. The molecule has 4 aromatic rings. The number of benzene rings is 3. The van der Waals surface area contributed by atoms with Gasteiger partial charge in [0.15, 0.2) is 12.3 Å². The predicted octanol–water partition coefficient (Wildman–Crippen LogP) is 3.84. The molecule has 11 nitrogen and oxygen atoms in total. The Kier molecular flexibility index (Phi) is 10.3. The number of hydrogen-bond donors (Lipinski definition) is 2. The lowest BCUT2D eigenvalue weighted by Crippen LogP contribution is -2.41. The van der Waals surface area contributed by atoms with E-state index in [9.17, 15) is 19.5 Å². The van der Waals surface area contributed by atoms with Crippen molar-refractivity contribution >= 4 is 17.6 Å². The molecule has 2 N–H and O–H groups in total. The summed E-state index contributed by atoms with van der Waals surface area (Å²) in [6.45, 7) is 0.899. The third-order valence-corrected chi connectivity index (χ3v) is 8.04. The molecule has 0 amide bonds. The molecular weight excluding hydrogens is 590 g/mol. The van der Waals surface area contributed by atoms with Crippen LogP contribution in [0.15, 0.2) is 102 Å². The Labute approximate surface area is 266 Å². The van der Waals surface area contributed by atoms with Crippen molar-refractivity contribution in [2.24, 2.45) is 0 Å². The quantitative estimate of drug-likeness (QED) is 0.166. The SMILES string of the molecule is COc1ccc(C(Nc2ccn([C@@H]3O[C@H](CO)[C@@H](OC(=O)CCC(C)=O)[C@H]3OC)c(=O)n2)(c2ccccc2)c2ccccc2)cc1. The van der Waals surface area contributed by atoms with Gasteiger partial charge in [-0.25, -0.2) is 4.79 Å². The fourth-order valence-electron chi connectivity index (χ4n) is 5.76. The first-order valence-corrected chi connectivity index (χ1v) is 14.9. The van der Waals surface area contributed by atoms with Crippen LogP contribution < -0.4 is 15.7 Å². The molecule has 1 aliphatic rings. The van der Waals surface area contributed by atoms with E-state index in [0.717, 1.165) is 16.7 Å². The van der Waals surface area contributed by atoms with E-state index < -0.39 is 48.3 Å². The van der Waals surface area contributed by atoms with Gasteiger partial charge in [0.2, 0.25) is 0 Å². The lowest BCUT2D eigenvalue weighted by atomic mass is 9.77. The van der Waals surface area contributed by atoms with Crippen molar-refractivity contribution in [3.05, 3.63) is 124 Å². The molecule has 1 aliphatic heterocycles. The summed E-state index contributed by atoms with van der Waals surface area (Å²) in [5.41, 5.74) is 1.10. The number of carbonyl (C=O) groups is 2. The highest BCUT2D eigenvalue weighted by atomic mass is 16.6. The molecule has 1 fully saturated rings. The largest absolute Gasteiger partial charge is 0.497 e. The molecule has 11 heteroatoms. The molecule has 1 aromatic heterocycles. The van der Waals surface area contributed by atoms with Crippen LogP contribution in [0, 0.1) is 0 Å². The smallest absolute Gasteiger partial charge is 0.351 e. The number of methoxy groups -OCH3 is 2. The maximum absolute atomic E-state index is 13.6. The van der Waals surface area contributed by atoms with E-state index in [4.69, 9.17) is 18.9 Å². The number of Topliss-reactive ketones (excluding diaryl/α,β-unsaturated/α-hetero) is 1. The Bertz CT molecular complexity index is 1640. The third kappa shape index (κ3) is 6.71. The van der Waals surface area contributed by atoms with Gasteiger partial charge in [-0.1, -0.05) is 72.8 Å². The van der Waals surface area contributed by atoms with Gasteiger partial charge in [-0.2, -0.15) is 4.98 Å². The van der Waals surface area contributed by atoms with Crippen LogP contribution in [0.2, 0.25) is 0 Å². The molecular formula is C35H37N3O8. The van der Waals surface area contributed by atoms with E-state index in [-0.39, 0.29) is 18.6 Å². The number of carbonyl (C=O) groups excluding carboxylic acids is 2. The van der Waals surface area contributed by atoms with E-state index in [1.165, 1.54) is 24.8 Å². The molecule has 2 heterocycles. The highest BCUT2D eigenvalue weighted by molar-refractivity contribution is 5.81.